The second-order valence-corrected chi connectivity index (χ2v) is 6.64. The first kappa shape index (κ1) is 23.6. The number of hydrogen-bond donors (Lipinski definition) is 3. The summed E-state index contributed by atoms with van der Waals surface area (Å²) in [6.07, 6.45) is 6.17. The molecule has 0 aliphatic heterocycles. The number of rotatable bonds is 10. The molecule has 2 aromatic heterocycles. The molecule has 0 saturated carbocycles. The summed E-state index contributed by atoms with van der Waals surface area (Å²) in [4.78, 5) is 4.61. The van der Waals surface area contributed by atoms with E-state index in [2.05, 4.69) is 39.7 Å². The second kappa shape index (κ2) is 12.1. The Labute approximate surface area is 179 Å². The molecule has 7 nitrogen and oxygen atoms in total. The van der Waals surface area contributed by atoms with E-state index >= 15 is 0 Å². The molecule has 0 bridgehead atoms. The Balaban J connectivity index is 0.00000364. The molecule has 27 heavy (non-hydrogen) atoms. The van der Waals surface area contributed by atoms with Gasteiger partial charge in [-0.1, -0.05) is 32.8 Å². The Morgan fingerprint density at radius 2 is 1.89 bits per heavy atom. The van der Waals surface area contributed by atoms with Crippen molar-refractivity contribution in [3.63, 3.8) is 0 Å². The monoisotopic (exact) mass is 488 g/mol. The minimum absolute atomic E-state index is 0. The Morgan fingerprint density at radius 3 is 2.56 bits per heavy atom. The Bertz CT molecular complexity index is 696. The molecule has 0 saturated heterocycles. The second-order valence-electron chi connectivity index (χ2n) is 6.64. The molecule has 0 unspecified atom stereocenters. The highest BCUT2D eigenvalue weighted by Gasteiger charge is 2.24. The zero-order valence-electron chi connectivity index (χ0n) is 16.6. The summed E-state index contributed by atoms with van der Waals surface area (Å²) in [7, 11) is 0. The molecule has 0 aliphatic rings. The molecule has 2 aromatic rings. The van der Waals surface area contributed by atoms with Gasteiger partial charge in [0.25, 0.3) is 0 Å². The van der Waals surface area contributed by atoms with E-state index in [1.54, 1.807) is 0 Å². The van der Waals surface area contributed by atoms with Crippen LogP contribution in [0.1, 0.15) is 52.3 Å². The molecule has 3 N–H and O–H groups in total. The number of nitrogens with zero attached hydrogens (tertiary/aromatic N) is 4. The van der Waals surface area contributed by atoms with Gasteiger partial charge in [-0.05, 0) is 31.9 Å². The lowest BCUT2D eigenvalue weighted by atomic mass is 9.93. The molecule has 2 heterocycles. The number of nitrogens with one attached hydrogen (secondary N) is 2. The average molecular weight is 488 g/mol. The van der Waals surface area contributed by atoms with Crippen LogP contribution < -0.4 is 10.6 Å². The van der Waals surface area contributed by atoms with Crippen molar-refractivity contribution in [2.75, 3.05) is 19.6 Å². The fourth-order valence-electron chi connectivity index (χ4n) is 3.14. The van der Waals surface area contributed by atoms with Crippen molar-refractivity contribution in [1.29, 1.82) is 0 Å². The lowest BCUT2D eigenvalue weighted by Gasteiger charge is -2.26. The van der Waals surface area contributed by atoms with E-state index in [4.69, 9.17) is 0 Å². The van der Waals surface area contributed by atoms with Gasteiger partial charge in [0.1, 0.15) is 5.82 Å². The molecule has 0 aromatic carbocycles. The maximum atomic E-state index is 10.7. The van der Waals surface area contributed by atoms with Crippen molar-refractivity contribution in [2.45, 2.75) is 58.5 Å². The number of aliphatic hydroxyl groups is 1. The number of halogens is 1. The number of pyridine rings is 1. The van der Waals surface area contributed by atoms with Crippen LogP contribution in [0.3, 0.4) is 0 Å². The van der Waals surface area contributed by atoms with Gasteiger partial charge in [0.15, 0.2) is 11.6 Å². The molecule has 0 fully saturated rings. The van der Waals surface area contributed by atoms with Crippen molar-refractivity contribution in [3.05, 3.63) is 30.2 Å². The Kier molecular flexibility index (Phi) is 10.6. The highest BCUT2D eigenvalue weighted by molar-refractivity contribution is 14.0. The third kappa shape index (κ3) is 7.25. The van der Waals surface area contributed by atoms with Crippen LogP contribution in [0.4, 0.5) is 0 Å². The van der Waals surface area contributed by atoms with Gasteiger partial charge in [0.05, 0.1) is 12.1 Å². The fraction of sp³-hybridized carbons (Fsp3) is 0.632. The summed E-state index contributed by atoms with van der Waals surface area (Å²) >= 11 is 0. The van der Waals surface area contributed by atoms with Gasteiger partial charge in [-0.25, -0.2) is 0 Å². The van der Waals surface area contributed by atoms with Gasteiger partial charge in [-0.3, -0.25) is 9.39 Å². The molecular weight excluding hydrogens is 455 g/mol. The van der Waals surface area contributed by atoms with E-state index in [0.29, 0.717) is 13.1 Å². The van der Waals surface area contributed by atoms with Crippen LogP contribution in [-0.2, 0) is 6.42 Å². The van der Waals surface area contributed by atoms with Crippen LogP contribution in [0.2, 0.25) is 0 Å². The molecule has 0 aliphatic carbocycles. The van der Waals surface area contributed by atoms with Gasteiger partial charge < -0.3 is 15.7 Å². The number of hydrogen-bond acceptors (Lipinski definition) is 4. The third-order valence-electron chi connectivity index (χ3n) is 4.33. The first-order valence-electron chi connectivity index (χ1n) is 9.65. The Morgan fingerprint density at radius 1 is 1.15 bits per heavy atom. The van der Waals surface area contributed by atoms with Crippen molar-refractivity contribution in [2.24, 2.45) is 4.99 Å². The molecule has 0 atom stereocenters. The predicted molar refractivity (Wildman–Crippen MR) is 121 cm³/mol. The standard InChI is InChI=1S/C19H32N6O.HI/c1-4-11-19(26,12-5-2)15-22-18(20-6-3)21-13-10-17-24-23-16-9-7-8-14-25(16)17;/h7-9,14,26H,4-6,10-13,15H2,1-3H3,(H2,20,21,22);1H. The minimum Gasteiger partial charge on any atom is -0.388 e. The minimum atomic E-state index is -0.713. The van der Waals surface area contributed by atoms with Crippen LogP contribution in [0.5, 0.6) is 0 Å². The van der Waals surface area contributed by atoms with Crippen LogP contribution in [0.15, 0.2) is 29.4 Å². The molecule has 0 spiro atoms. The lowest BCUT2D eigenvalue weighted by molar-refractivity contribution is 0.0306. The average Bonchev–Trinajstić information content (AvgIpc) is 3.03. The molecular formula is C19H33IN6O. The van der Waals surface area contributed by atoms with Gasteiger partial charge in [0, 0.05) is 25.7 Å². The predicted octanol–water partition coefficient (Wildman–Crippen LogP) is 2.78. The number of fused-ring (bicyclic) bond motifs is 1. The largest absolute Gasteiger partial charge is 0.388 e. The zero-order chi connectivity index (χ0) is 18.8. The normalized spacial score (nSPS) is 12.1. The van der Waals surface area contributed by atoms with E-state index in [1.165, 1.54) is 0 Å². The third-order valence-corrected chi connectivity index (χ3v) is 4.33. The molecule has 152 valence electrons. The highest BCUT2D eigenvalue weighted by atomic mass is 127. The van der Waals surface area contributed by atoms with Crippen molar-refractivity contribution in [1.82, 2.24) is 25.2 Å². The smallest absolute Gasteiger partial charge is 0.191 e. The molecule has 0 amide bonds. The van der Waals surface area contributed by atoms with E-state index in [-0.39, 0.29) is 24.0 Å². The maximum absolute atomic E-state index is 10.7. The van der Waals surface area contributed by atoms with E-state index in [0.717, 1.165) is 56.1 Å². The van der Waals surface area contributed by atoms with Gasteiger partial charge in [0.2, 0.25) is 0 Å². The SMILES string of the molecule is CCCC(O)(CCC)CN=C(NCC)NCCc1nnc2ccccn12.I. The maximum Gasteiger partial charge on any atom is 0.191 e. The lowest BCUT2D eigenvalue weighted by Crippen LogP contribution is -2.41. The summed E-state index contributed by atoms with van der Waals surface area (Å²) < 4.78 is 1.99. The molecule has 2 rings (SSSR count). The summed E-state index contributed by atoms with van der Waals surface area (Å²) in [6, 6.07) is 5.87. The first-order valence-corrected chi connectivity index (χ1v) is 9.65. The quantitative estimate of drug-likeness (QED) is 0.272. The van der Waals surface area contributed by atoms with Crippen molar-refractivity contribution in [3.8, 4) is 0 Å². The van der Waals surface area contributed by atoms with Gasteiger partial charge >= 0.3 is 0 Å². The number of aliphatic imine (C=N–C) groups is 1. The summed E-state index contributed by atoms with van der Waals surface area (Å²) in [5.41, 5.74) is 0.141. The summed E-state index contributed by atoms with van der Waals surface area (Å²) in [5.74, 6) is 1.64. The van der Waals surface area contributed by atoms with E-state index < -0.39 is 5.60 Å². The molecule has 0 radical (unpaired) electrons. The van der Waals surface area contributed by atoms with Gasteiger partial charge in [-0.15, -0.1) is 34.2 Å². The Hall–Kier alpha value is -1.42. The summed E-state index contributed by atoms with van der Waals surface area (Å²) in [6.45, 7) is 8.11. The van der Waals surface area contributed by atoms with Crippen molar-refractivity contribution >= 4 is 35.6 Å². The highest BCUT2D eigenvalue weighted by Crippen LogP contribution is 2.19. The topological polar surface area (TPSA) is 86.8 Å². The van der Waals surface area contributed by atoms with E-state index in [9.17, 15) is 5.11 Å². The van der Waals surface area contributed by atoms with Gasteiger partial charge in [-0.2, -0.15) is 0 Å². The van der Waals surface area contributed by atoms with Crippen LogP contribution in [0.25, 0.3) is 5.65 Å². The van der Waals surface area contributed by atoms with Crippen LogP contribution >= 0.6 is 24.0 Å². The van der Waals surface area contributed by atoms with Crippen LogP contribution in [-0.4, -0.2) is 50.9 Å². The number of aromatic nitrogens is 3. The fourth-order valence-corrected chi connectivity index (χ4v) is 3.14. The number of guanidine groups is 1. The zero-order valence-corrected chi connectivity index (χ0v) is 18.9. The van der Waals surface area contributed by atoms with Crippen molar-refractivity contribution < 1.29 is 5.11 Å². The van der Waals surface area contributed by atoms with Crippen LogP contribution in [0, 0.1) is 0 Å². The molecule has 8 heteroatoms. The van der Waals surface area contributed by atoms with E-state index in [1.807, 2.05) is 35.7 Å². The summed E-state index contributed by atoms with van der Waals surface area (Å²) in [5, 5.41) is 25.7. The first-order chi connectivity index (χ1) is 12.6.